The molecule has 0 aliphatic heterocycles. The number of nitrogens with two attached hydrogens (primary N) is 1. The minimum Gasteiger partial charge on any atom is -0.493 e. The van der Waals surface area contributed by atoms with E-state index in [-0.39, 0.29) is 21.7 Å². The summed E-state index contributed by atoms with van der Waals surface area (Å²) >= 11 is 0. The van der Waals surface area contributed by atoms with Crippen molar-refractivity contribution >= 4 is 0 Å². The smallest absolute Gasteiger partial charge is 0.129 e. The minimum atomic E-state index is -1.44. The molecule has 0 spiro atoms. The van der Waals surface area contributed by atoms with Gasteiger partial charge in [-0.25, -0.2) is 0 Å². The van der Waals surface area contributed by atoms with Gasteiger partial charge in [-0.1, -0.05) is 110 Å². The molecule has 0 fully saturated rings. The molecule has 2 rings (SSSR count). The Morgan fingerprint density at radius 3 is 1.02 bits per heavy atom. The molecule has 43 heavy (non-hydrogen) atoms. The van der Waals surface area contributed by atoms with Crippen molar-refractivity contribution in [2.75, 3.05) is 13.2 Å². The molecule has 0 heterocycles. The molecule has 0 radical (unpaired) electrons. The largest absolute Gasteiger partial charge is 0.493 e. The molecule has 0 saturated heterocycles. The summed E-state index contributed by atoms with van der Waals surface area (Å²) in [6, 6.07) is 8.03. The first kappa shape index (κ1) is 37.1. The molecule has 0 amide bonds. The van der Waals surface area contributed by atoms with Crippen molar-refractivity contribution < 1.29 is 14.6 Å². The molecule has 4 heteroatoms. The van der Waals surface area contributed by atoms with Crippen LogP contribution in [-0.4, -0.2) is 24.4 Å². The van der Waals surface area contributed by atoms with Gasteiger partial charge in [-0.2, -0.15) is 0 Å². The molecule has 244 valence electrons. The van der Waals surface area contributed by atoms with Crippen LogP contribution in [0.25, 0.3) is 0 Å². The average Bonchev–Trinajstić information content (AvgIpc) is 2.85. The van der Waals surface area contributed by atoms with Gasteiger partial charge in [-0.15, -0.1) is 0 Å². The number of rotatable bonds is 11. The molecule has 0 aliphatic rings. The van der Waals surface area contributed by atoms with E-state index < -0.39 is 11.6 Å². The Bertz CT molecular complexity index is 1050. The number of ether oxygens (including phenoxy) is 2. The Morgan fingerprint density at radius 1 is 0.581 bits per heavy atom. The molecule has 2 aromatic carbocycles. The SMILES string of the molecule is CCCCOc1c(C(C)(C)C)cc(C(O)(c2cc(C(C)(C)C)c(OCCCC)c(C(C)(C)C)c2)[C@H](C)N)cc1C(C)(C)C. The van der Waals surface area contributed by atoms with Crippen LogP contribution in [0.1, 0.15) is 163 Å². The van der Waals surface area contributed by atoms with Crippen LogP contribution < -0.4 is 15.2 Å². The molecule has 2 aromatic rings. The van der Waals surface area contributed by atoms with Crippen LogP contribution in [0.15, 0.2) is 24.3 Å². The fourth-order valence-corrected chi connectivity index (χ4v) is 5.57. The lowest BCUT2D eigenvalue weighted by molar-refractivity contribution is 0.0571. The molecular weight excluding hydrogens is 530 g/mol. The molecule has 1 atom stereocenters. The third-order valence-electron chi connectivity index (χ3n) is 8.44. The monoisotopic (exact) mass is 595 g/mol. The lowest BCUT2D eigenvalue weighted by Gasteiger charge is -2.39. The molecule has 4 nitrogen and oxygen atoms in total. The first-order valence-corrected chi connectivity index (χ1v) is 16.6. The first-order chi connectivity index (χ1) is 19.5. The number of hydrogen-bond acceptors (Lipinski definition) is 4. The van der Waals surface area contributed by atoms with E-state index in [2.05, 4.69) is 121 Å². The number of benzene rings is 2. The van der Waals surface area contributed by atoms with Crippen LogP contribution in [0.3, 0.4) is 0 Å². The molecule has 0 bridgehead atoms. The lowest BCUT2D eigenvalue weighted by Crippen LogP contribution is -2.45. The van der Waals surface area contributed by atoms with Gasteiger partial charge in [0.1, 0.15) is 17.1 Å². The predicted octanol–water partition coefficient (Wildman–Crippen LogP) is 9.82. The first-order valence-electron chi connectivity index (χ1n) is 16.6. The van der Waals surface area contributed by atoms with Gasteiger partial charge in [0.15, 0.2) is 0 Å². The molecular formula is C39H65NO3. The second-order valence-corrected chi connectivity index (χ2v) is 16.8. The van der Waals surface area contributed by atoms with Gasteiger partial charge in [-0.05, 0) is 76.8 Å². The van der Waals surface area contributed by atoms with E-state index in [1.807, 2.05) is 6.92 Å². The van der Waals surface area contributed by atoms with Gasteiger partial charge in [0.05, 0.1) is 13.2 Å². The van der Waals surface area contributed by atoms with Crippen LogP contribution in [0.5, 0.6) is 11.5 Å². The second kappa shape index (κ2) is 13.5. The highest BCUT2D eigenvalue weighted by molar-refractivity contribution is 5.57. The van der Waals surface area contributed by atoms with E-state index in [0.717, 1.165) is 70.6 Å². The van der Waals surface area contributed by atoms with E-state index in [0.29, 0.717) is 13.2 Å². The van der Waals surface area contributed by atoms with Gasteiger partial charge in [0.2, 0.25) is 0 Å². The van der Waals surface area contributed by atoms with Crippen LogP contribution >= 0.6 is 0 Å². The van der Waals surface area contributed by atoms with Gasteiger partial charge in [0, 0.05) is 28.3 Å². The van der Waals surface area contributed by atoms with Crippen LogP contribution in [0.4, 0.5) is 0 Å². The molecule has 0 aromatic heterocycles. The van der Waals surface area contributed by atoms with Crippen LogP contribution in [0, 0.1) is 0 Å². The van der Waals surface area contributed by atoms with Crippen molar-refractivity contribution in [2.45, 2.75) is 163 Å². The summed E-state index contributed by atoms with van der Waals surface area (Å²) < 4.78 is 13.1. The Morgan fingerprint density at radius 2 is 0.837 bits per heavy atom. The molecule has 0 aliphatic carbocycles. The highest BCUT2D eigenvalue weighted by Gasteiger charge is 2.41. The van der Waals surface area contributed by atoms with Crippen molar-refractivity contribution in [2.24, 2.45) is 5.73 Å². The van der Waals surface area contributed by atoms with Gasteiger partial charge >= 0.3 is 0 Å². The second-order valence-electron chi connectivity index (χ2n) is 16.8. The van der Waals surface area contributed by atoms with Crippen molar-refractivity contribution in [3.05, 3.63) is 57.6 Å². The molecule has 0 unspecified atom stereocenters. The summed E-state index contributed by atoms with van der Waals surface area (Å²) in [5, 5.41) is 13.0. The third-order valence-corrected chi connectivity index (χ3v) is 8.44. The summed E-state index contributed by atoms with van der Waals surface area (Å²) in [7, 11) is 0. The maximum atomic E-state index is 13.0. The zero-order chi connectivity index (χ0) is 33.2. The summed E-state index contributed by atoms with van der Waals surface area (Å²) in [4.78, 5) is 0. The number of hydrogen-bond donors (Lipinski definition) is 2. The van der Waals surface area contributed by atoms with E-state index in [1.54, 1.807) is 0 Å². The standard InChI is InChI=1S/C39H65NO3/c1-16-18-20-42-33-29(35(4,5)6)22-27(23-30(33)36(7,8)9)39(41,26(3)40)28-24-31(37(10,11)12)34(43-21-19-17-2)32(25-28)38(13,14)15/h22-26,41H,16-21,40H2,1-15H3/t26-/m0/s1. The minimum absolute atomic E-state index is 0.208. The fraction of sp³-hybridized carbons (Fsp3) is 0.692. The molecule has 0 saturated carbocycles. The summed E-state index contributed by atoms with van der Waals surface area (Å²) in [5.41, 5.74) is 10.5. The van der Waals surface area contributed by atoms with Crippen LogP contribution in [-0.2, 0) is 27.3 Å². The Balaban J connectivity index is 3.08. The molecule has 3 N–H and O–H groups in total. The highest BCUT2D eigenvalue weighted by atomic mass is 16.5. The van der Waals surface area contributed by atoms with E-state index in [4.69, 9.17) is 15.2 Å². The van der Waals surface area contributed by atoms with Gasteiger partial charge in [-0.3, -0.25) is 0 Å². The van der Waals surface area contributed by atoms with Gasteiger partial charge in [0.25, 0.3) is 0 Å². The number of aliphatic hydroxyl groups is 1. The van der Waals surface area contributed by atoms with E-state index in [1.165, 1.54) is 0 Å². The summed E-state index contributed by atoms with van der Waals surface area (Å²) in [6.45, 7) is 34.2. The Labute approximate surface area is 265 Å². The highest BCUT2D eigenvalue weighted by Crippen LogP contribution is 2.48. The topological polar surface area (TPSA) is 64.7 Å². The average molecular weight is 596 g/mol. The van der Waals surface area contributed by atoms with Crippen LogP contribution in [0.2, 0.25) is 0 Å². The Hall–Kier alpha value is -2.04. The number of unbranched alkanes of at least 4 members (excludes halogenated alkanes) is 2. The Kier molecular flexibility index (Phi) is 11.7. The maximum Gasteiger partial charge on any atom is 0.129 e. The fourth-order valence-electron chi connectivity index (χ4n) is 5.57. The van der Waals surface area contributed by atoms with Crippen molar-refractivity contribution in [1.82, 2.24) is 0 Å². The van der Waals surface area contributed by atoms with E-state index >= 15 is 0 Å². The quantitative estimate of drug-likeness (QED) is 0.254. The van der Waals surface area contributed by atoms with Crippen molar-refractivity contribution in [3.63, 3.8) is 0 Å². The summed E-state index contributed by atoms with van der Waals surface area (Å²) in [6.07, 6.45) is 4.14. The third kappa shape index (κ3) is 8.57. The summed E-state index contributed by atoms with van der Waals surface area (Å²) in [5.74, 6) is 1.88. The van der Waals surface area contributed by atoms with Crippen molar-refractivity contribution in [1.29, 1.82) is 0 Å². The lowest BCUT2D eigenvalue weighted by atomic mass is 9.71. The maximum absolute atomic E-state index is 13.0. The zero-order valence-corrected chi connectivity index (χ0v) is 30.5. The normalized spacial score (nSPS) is 14.2. The zero-order valence-electron chi connectivity index (χ0n) is 30.5. The predicted molar refractivity (Wildman–Crippen MR) is 185 cm³/mol. The van der Waals surface area contributed by atoms with Crippen molar-refractivity contribution in [3.8, 4) is 11.5 Å². The van der Waals surface area contributed by atoms with Gasteiger partial charge < -0.3 is 20.3 Å². The van der Waals surface area contributed by atoms with E-state index in [9.17, 15) is 5.11 Å².